The van der Waals surface area contributed by atoms with Crippen LogP contribution in [0.5, 0.6) is 0 Å². The second kappa shape index (κ2) is 10.1. The molecule has 0 amide bonds. The zero-order valence-corrected chi connectivity index (χ0v) is 22.2. The van der Waals surface area contributed by atoms with Crippen LogP contribution >= 0.6 is 0 Å². The predicted octanol–water partition coefficient (Wildman–Crippen LogP) is 6.16. The van der Waals surface area contributed by atoms with Crippen molar-refractivity contribution in [3.63, 3.8) is 0 Å². The van der Waals surface area contributed by atoms with E-state index in [9.17, 15) is 8.42 Å². The standard InChI is InChI=1S/C29H28N2O4S2/c1-22-18-20-27(21-19-22)37(33,34)30-36(32,26-16-10-5-11-17-26)29-23(2)35-31(25-14-8-4-9-15-25)28(29)24-12-6-3-7-13-24/h3-21,23,28-29H,1-2H3/t23-,28+,29-,36-/m1/s1. The molecule has 5 rings (SSSR count). The molecular formula is C29H28N2O4S2. The summed E-state index contributed by atoms with van der Waals surface area (Å²) >= 11 is 0. The van der Waals surface area contributed by atoms with Crippen LogP contribution in [0.25, 0.3) is 0 Å². The first-order chi connectivity index (χ1) is 17.8. The van der Waals surface area contributed by atoms with Gasteiger partial charge in [-0.15, -0.1) is 3.77 Å². The van der Waals surface area contributed by atoms with Gasteiger partial charge in [-0.1, -0.05) is 84.4 Å². The monoisotopic (exact) mass is 532 g/mol. The maximum absolute atomic E-state index is 15.2. The summed E-state index contributed by atoms with van der Waals surface area (Å²) in [7, 11) is -7.84. The maximum atomic E-state index is 15.2. The van der Waals surface area contributed by atoms with Gasteiger partial charge in [-0.2, -0.15) is 8.42 Å². The Bertz CT molecular complexity index is 1580. The van der Waals surface area contributed by atoms with Gasteiger partial charge in [0.05, 0.1) is 26.4 Å². The van der Waals surface area contributed by atoms with Crippen LogP contribution in [0.2, 0.25) is 0 Å². The van der Waals surface area contributed by atoms with Gasteiger partial charge in [-0.25, -0.2) is 9.27 Å². The Morgan fingerprint density at radius 3 is 1.84 bits per heavy atom. The number of aryl methyl sites for hydroxylation is 1. The first-order valence-corrected chi connectivity index (χ1v) is 15.0. The smallest absolute Gasteiger partial charge is 0.268 e. The van der Waals surface area contributed by atoms with E-state index < -0.39 is 37.1 Å². The van der Waals surface area contributed by atoms with Gasteiger partial charge in [0, 0.05) is 4.90 Å². The lowest BCUT2D eigenvalue weighted by molar-refractivity contribution is 0.0968. The molecule has 0 bridgehead atoms. The topological polar surface area (TPSA) is 76.0 Å². The molecular weight excluding hydrogens is 504 g/mol. The predicted molar refractivity (Wildman–Crippen MR) is 146 cm³/mol. The average Bonchev–Trinajstić information content (AvgIpc) is 3.28. The molecule has 4 aromatic carbocycles. The lowest BCUT2D eigenvalue weighted by Gasteiger charge is -2.29. The van der Waals surface area contributed by atoms with Gasteiger partial charge >= 0.3 is 0 Å². The summed E-state index contributed by atoms with van der Waals surface area (Å²) in [5, 5.41) is 0.944. The number of nitrogens with zero attached hydrogens (tertiary/aromatic N) is 2. The highest BCUT2D eigenvalue weighted by Crippen LogP contribution is 2.44. The van der Waals surface area contributed by atoms with E-state index in [1.165, 1.54) is 12.1 Å². The van der Waals surface area contributed by atoms with E-state index in [-0.39, 0.29) is 4.90 Å². The van der Waals surface area contributed by atoms with Crippen LogP contribution in [0.3, 0.4) is 0 Å². The lowest BCUT2D eigenvalue weighted by Crippen LogP contribution is -2.35. The molecule has 37 heavy (non-hydrogen) atoms. The van der Waals surface area contributed by atoms with Crippen molar-refractivity contribution < 1.29 is 17.5 Å². The third-order valence-corrected chi connectivity index (χ3v) is 11.3. The minimum atomic E-state index is -4.26. The van der Waals surface area contributed by atoms with E-state index in [0.29, 0.717) is 4.90 Å². The lowest BCUT2D eigenvalue weighted by atomic mass is 10.0. The fraction of sp³-hybridized carbons (Fsp3) is 0.172. The summed E-state index contributed by atoms with van der Waals surface area (Å²) in [4.78, 5) is 6.68. The number of benzene rings is 4. The van der Waals surface area contributed by atoms with Gasteiger partial charge < -0.3 is 0 Å². The van der Waals surface area contributed by atoms with Crippen LogP contribution in [-0.2, 0) is 24.6 Å². The SMILES string of the molecule is Cc1ccc(S(=O)(=O)N=[S@@](=O)(c2ccccc2)[C@@H]2[C@@H](C)ON(c3ccccc3)[C@H]2c2ccccc2)cc1. The zero-order valence-electron chi connectivity index (χ0n) is 20.5. The third-order valence-electron chi connectivity index (χ3n) is 6.44. The minimum absolute atomic E-state index is 0.00417. The van der Waals surface area contributed by atoms with Crippen molar-refractivity contribution >= 4 is 25.4 Å². The summed E-state index contributed by atoms with van der Waals surface area (Å²) in [5.74, 6) is 0. The van der Waals surface area contributed by atoms with Crippen LogP contribution in [0, 0.1) is 6.92 Å². The summed E-state index contributed by atoms with van der Waals surface area (Å²) in [6, 6.07) is 33.6. The molecule has 0 aliphatic carbocycles. The number of sulfonamides is 1. The van der Waals surface area contributed by atoms with E-state index in [0.717, 1.165) is 16.8 Å². The van der Waals surface area contributed by atoms with Gasteiger partial charge in [0.2, 0.25) is 0 Å². The highest BCUT2D eigenvalue weighted by molar-refractivity contribution is 8.03. The van der Waals surface area contributed by atoms with Crippen molar-refractivity contribution in [1.29, 1.82) is 0 Å². The molecule has 8 heteroatoms. The van der Waals surface area contributed by atoms with Gasteiger partial charge in [-0.3, -0.25) is 4.84 Å². The second-order valence-corrected chi connectivity index (χ2v) is 13.2. The number of hydroxylamine groups is 1. The molecule has 1 saturated heterocycles. The summed E-state index contributed by atoms with van der Waals surface area (Å²) in [6.45, 7) is 3.70. The molecule has 6 nitrogen and oxygen atoms in total. The van der Waals surface area contributed by atoms with Crippen molar-refractivity contribution in [2.24, 2.45) is 3.77 Å². The van der Waals surface area contributed by atoms with Crippen LogP contribution in [0.4, 0.5) is 5.69 Å². The first-order valence-electron chi connectivity index (χ1n) is 12.0. The summed E-state index contributed by atoms with van der Waals surface area (Å²) in [6.07, 6.45) is -0.602. The van der Waals surface area contributed by atoms with E-state index in [4.69, 9.17) is 4.84 Å². The van der Waals surface area contributed by atoms with E-state index in [1.807, 2.05) is 74.5 Å². The molecule has 0 N–H and O–H groups in total. The molecule has 0 spiro atoms. The molecule has 190 valence electrons. The van der Waals surface area contributed by atoms with Crippen molar-refractivity contribution in [1.82, 2.24) is 0 Å². The van der Waals surface area contributed by atoms with Crippen LogP contribution in [-0.4, -0.2) is 24.0 Å². The Kier molecular flexibility index (Phi) is 6.90. The average molecular weight is 533 g/mol. The minimum Gasteiger partial charge on any atom is -0.268 e. The molecule has 1 aliphatic heterocycles. The molecule has 0 saturated carbocycles. The Labute approximate surface area is 218 Å². The Hall–Kier alpha value is -3.46. The van der Waals surface area contributed by atoms with Crippen molar-refractivity contribution in [3.05, 3.63) is 126 Å². The molecule has 4 aromatic rings. The Balaban J connectivity index is 1.76. The fourth-order valence-electron chi connectivity index (χ4n) is 4.67. The molecule has 0 unspecified atom stereocenters. The van der Waals surface area contributed by atoms with E-state index >= 15 is 4.21 Å². The second-order valence-electron chi connectivity index (χ2n) is 9.04. The molecule has 1 heterocycles. The first kappa shape index (κ1) is 25.2. The van der Waals surface area contributed by atoms with Gasteiger partial charge in [0.1, 0.15) is 11.4 Å². The maximum Gasteiger partial charge on any atom is 0.290 e. The highest BCUT2D eigenvalue weighted by atomic mass is 32.3. The van der Waals surface area contributed by atoms with E-state index in [2.05, 4.69) is 3.77 Å². The van der Waals surface area contributed by atoms with Gasteiger partial charge in [-0.05, 0) is 55.8 Å². The third kappa shape index (κ3) is 4.92. The zero-order chi connectivity index (χ0) is 26.0. The molecule has 1 fully saturated rings. The Morgan fingerprint density at radius 2 is 1.24 bits per heavy atom. The number of anilines is 1. The summed E-state index contributed by atoms with van der Waals surface area (Å²) in [5.41, 5.74) is 2.55. The quantitative estimate of drug-likeness (QED) is 0.297. The molecule has 0 aromatic heterocycles. The van der Waals surface area contributed by atoms with Crippen LogP contribution in [0.1, 0.15) is 24.1 Å². The number of para-hydroxylation sites is 1. The fourth-order valence-corrected chi connectivity index (χ4v) is 9.45. The molecule has 1 aliphatic rings. The van der Waals surface area contributed by atoms with Gasteiger partial charge in [0.15, 0.2) is 0 Å². The Morgan fingerprint density at radius 1 is 0.703 bits per heavy atom. The van der Waals surface area contributed by atoms with Crippen LogP contribution in [0.15, 0.2) is 129 Å². The highest BCUT2D eigenvalue weighted by Gasteiger charge is 2.49. The van der Waals surface area contributed by atoms with Crippen molar-refractivity contribution in [2.45, 2.75) is 41.0 Å². The largest absolute Gasteiger partial charge is 0.290 e. The normalized spacial score (nSPS) is 21.4. The number of hydrogen-bond donors (Lipinski definition) is 0. The van der Waals surface area contributed by atoms with Crippen molar-refractivity contribution in [2.75, 3.05) is 5.06 Å². The molecule has 0 radical (unpaired) electrons. The molecule has 4 atom stereocenters. The van der Waals surface area contributed by atoms with Crippen molar-refractivity contribution in [3.8, 4) is 0 Å². The van der Waals surface area contributed by atoms with Gasteiger partial charge in [0.25, 0.3) is 10.0 Å². The van der Waals surface area contributed by atoms with Crippen LogP contribution < -0.4 is 5.06 Å². The van der Waals surface area contributed by atoms with E-state index in [1.54, 1.807) is 47.5 Å². The summed E-state index contributed by atoms with van der Waals surface area (Å²) < 4.78 is 46.6. The number of hydrogen-bond acceptors (Lipinski definition) is 5. The number of rotatable bonds is 6.